The Balaban J connectivity index is 1.59. The number of hydrogen-bond acceptors (Lipinski definition) is 5. The third-order valence-electron chi connectivity index (χ3n) is 5.36. The van der Waals surface area contributed by atoms with Crippen LogP contribution in [-0.2, 0) is 14.8 Å². The lowest BCUT2D eigenvalue weighted by Gasteiger charge is -2.20. The first-order valence-electron chi connectivity index (χ1n) is 10.9. The highest BCUT2D eigenvalue weighted by atomic mass is 32.2. The van der Waals surface area contributed by atoms with E-state index < -0.39 is 10.0 Å². The molecule has 0 bridgehead atoms. The molecule has 2 amide bonds. The molecule has 0 unspecified atom stereocenters. The average Bonchev–Trinajstić information content (AvgIpc) is 2.92. The first-order valence-corrected chi connectivity index (χ1v) is 12.3. The molecule has 0 radical (unpaired) electrons. The van der Waals surface area contributed by atoms with Gasteiger partial charge in [0, 0.05) is 23.8 Å². The Morgan fingerprint density at radius 1 is 0.971 bits per heavy atom. The summed E-state index contributed by atoms with van der Waals surface area (Å²) in [6, 6.07) is 17.7. The fraction of sp³-hybridized carbons (Fsp3) is 0.200. The zero-order valence-electron chi connectivity index (χ0n) is 19.0. The van der Waals surface area contributed by atoms with Gasteiger partial charge in [0.1, 0.15) is 5.75 Å². The highest BCUT2D eigenvalue weighted by Gasteiger charge is 2.28. The zero-order valence-corrected chi connectivity index (χ0v) is 19.8. The van der Waals surface area contributed by atoms with Gasteiger partial charge in [-0.2, -0.15) is 0 Å². The largest absolute Gasteiger partial charge is 0.454 e. The Morgan fingerprint density at radius 3 is 2.32 bits per heavy atom. The molecule has 0 atom stereocenters. The van der Waals surface area contributed by atoms with Gasteiger partial charge in [0.05, 0.1) is 16.1 Å². The minimum Gasteiger partial charge on any atom is -0.454 e. The lowest BCUT2D eigenvalue weighted by molar-refractivity contribution is -0.118. The molecule has 2 N–H and O–H groups in total. The summed E-state index contributed by atoms with van der Waals surface area (Å²) in [4.78, 5) is 26.7. The van der Waals surface area contributed by atoms with Gasteiger partial charge in [-0.15, -0.1) is 0 Å². The van der Waals surface area contributed by atoms with Crippen LogP contribution in [0.5, 0.6) is 11.5 Å². The van der Waals surface area contributed by atoms with Crippen LogP contribution in [0, 0.1) is 5.92 Å². The summed E-state index contributed by atoms with van der Waals surface area (Å²) >= 11 is 0. The molecule has 4 rings (SSSR count). The highest BCUT2D eigenvalue weighted by Crippen LogP contribution is 2.39. The van der Waals surface area contributed by atoms with Crippen LogP contribution in [0.2, 0.25) is 0 Å². The number of carbonyl (C=O) groups excluding carboxylic acids is 2. The maximum atomic E-state index is 13.2. The van der Waals surface area contributed by atoms with Crippen LogP contribution in [-0.4, -0.2) is 26.8 Å². The van der Waals surface area contributed by atoms with Crippen molar-refractivity contribution in [2.45, 2.75) is 25.7 Å². The van der Waals surface area contributed by atoms with E-state index in [-0.39, 0.29) is 33.9 Å². The molecule has 0 aliphatic carbocycles. The van der Waals surface area contributed by atoms with Gasteiger partial charge in [-0.05, 0) is 61.5 Å². The number of sulfonamides is 1. The molecule has 0 aromatic heterocycles. The third kappa shape index (κ3) is 4.60. The first-order chi connectivity index (χ1) is 16.2. The van der Waals surface area contributed by atoms with Crippen molar-refractivity contribution in [2.75, 3.05) is 21.5 Å². The number of fused-ring (bicyclic) bond motifs is 2. The normalized spacial score (nSPS) is 12.9. The van der Waals surface area contributed by atoms with Crippen molar-refractivity contribution < 1.29 is 22.7 Å². The Morgan fingerprint density at radius 2 is 1.65 bits per heavy atom. The third-order valence-corrected chi connectivity index (χ3v) is 6.75. The molecule has 1 aliphatic heterocycles. The Labute approximate surface area is 198 Å². The number of amides is 2. The van der Waals surface area contributed by atoms with E-state index in [2.05, 4.69) is 10.0 Å². The maximum Gasteiger partial charge on any atom is 0.262 e. The molecule has 176 valence electrons. The summed E-state index contributed by atoms with van der Waals surface area (Å²) in [5, 5.41) is 2.72. The molecular weight excluding hydrogens is 454 g/mol. The molecule has 3 aromatic carbocycles. The van der Waals surface area contributed by atoms with Gasteiger partial charge in [0.25, 0.3) is 15.9 Å². The number of anilines is 3. The van der Waals surface area contributed by atoms with Crippen molar-refractivity contribution in [3.8, 4) is 11.5 Å². The van der Waals surface area contributed by atoms with Crippen LogP contribution in [0.25, 0.3) is 0 Å². The van der Waals surface area contributed by atoms with Crippen LogP contribution in [0.4, 0.5) is 17.1 Å². The molecular formula is C25H25N3O5S. The van der Waals surface area contributed by atoms with Gasteiger partial charge >= 0.3 is 0 Å². The molecule has 3 aromatic rings. The van der Waals surface area contributed by atoms with Crippen LogP contribution in [0.15, 0.2) is 71.6 Å². The van der Waals surface area contributed by atoms with Gasteiger partial charge in [-0.25, -0.2) is 8.42 Å². The molecule has 0 fully saturated rings. The highest BCUT2D eigenvalue weighted by molar-refractivity contribution is 7.92. The summed E-state index contributed by atoms with van der Waals surface area (Å²) in [6.45, 7) is 5.83. The standard InChI is InChI=1S/C25H25N3O5S/c1-4-28-21-7-5-6-8-23(21)33-22-14-11-18(15-20(22)25(28)30)27-34(31,32)19-12-9-17(10-13-19)26-24(29)16(2)3/h5-16,27H,4H2,1-3H3,(H,26,29). The molecule has 9 heteroatoms. The Bertz CT molecular complexity index is 1350. The summed E-state index contributed by atoms with van der Waals surface area (Å²) in [5.41, 5.74) is 1.64. The van der Waals surface area contributed by atoms with Crippen LogP contribution >= 0.6 is 0 Å². The number of rotatable bonds is 6. The predicted octanol–water partition coefficient (Wildman–Crippen LogP) is 4.85. The van der Waals surface area contributed by atoms with Crippen molar-refractivity contribution in [2.24, 2.45) is 5.92 Å². The summed E-state index contributed by atoms with van der Waals surface area (Å²) in [7, 11) is -3.93. The van der Waals surface area contributed by atoms with E-state index in [1.54, 1.807) is 43.0 Å². The van der Waals surface area contributed by atoms with Crippen LogP contribution in [0.3, 0.4) is 0 Å². The van der Waals surface area contributed by atoms with Crippen LogP contribution in [0.1, 0.15) is 31.1 Å². The lowest BCUT2D eigenvalue weighted by atomic mass is 10.1. The SMILES string of the molecule is CCN1C(=O)c2cc(NS(=O)(=O)c3ccc(NC(=O)C(C)C)cc3)ccc2Oc2ccccc21. The molecule has 34 heavy (non-hydrogen) atoms. The van der Waals surface area contributed by atoms with E-state index in [9.17, 15) is 18.0 Å². The van der Waals surface area contributed by atoms with Crippen molar-refractivity contribution in [1.29, 1.82) is 0 Å². The average molecular weight is 480 g/mol. The molecule has 1 heterocycles. The number of para-hydroxylation sites is 2. The van der Waals surface area contributed by atoms with E-state index in [0.29, 0.717) is 29.4 Å². The fourth-order valence-electron chi connectivity index (χ4n) is 3.52. The van der Waals surface area contributed by atoms with Crippen molar-refractivity contribution >= 4 is 38.9 Å². The van der Waals surface area contributed by atoms with E-state index >= 15 is 0 Å². The van der Waals surface area contributed by atoms with Gasteiger partial charge in [0.2, 0.25) is 5.91 Å². The predicted molar refractivity (Wildman–Crippen MR) is 131 cm³/mol. The second kappa shape index (κ2) is 9.18. The number of benzene rings is 3. The van der Waals surface area contributed by atoms with Gasteiger partial charge in [0.15, 0.2) is 5.75 Å². The second-order valence-corrected chi connectivity index (χ2v) is 9.79. The smallest absolute Gasteiger partial charge is 0.262 e. The number of nitrogens with one attached hydrogen (secondary N) is 2. The molecule has 0 spiro atoms. The number of carbonyl (C=O) groups is 2. The monoisotopic (exact) mass is 479 g/mol. The molecule has 8 nitrogen and oxygen atoms in total. The molecule has 0 saturated carbocycles. The van der Waals surface area contributed by atoms with Crippen molar-refractivity contribution in [1.82, 2.24) is 0 Å². The number of nitrogens with zero attached hydrogens (tertiary/aromatic N) is 1. The number of hydrogen-bond donors (Lipinski definition) is 2. The summed E-state index contributed by atoms with van der Waals surface area (Å²) < 4.78 is 34.3. The topological polar surface area (TPSA) is 105 Å². The first kappa shape index (κ1) is 23.3. The number of ether oxygens (including phenoxy) is 1. The van der Waals surface area contributed by atoms with E-state index in [4.69, 9.17) is 4.74 Å². The van der Waals surface area contributed by atoms with E-state index in [1.807, 2.05) is 19.1 Å². The molecule has 1 aliphatic rings. The van der Waals surface area contributed by atoms with Gasteiger partial charge < -0.3 is 15.0 Å². The minimum absolute atomic E-state index is 0.0233. The molecule has 0 saturated heterocycles. The summed E-state index contributed by atoms with van der Waals surface area (Å²) in [6.07, 6.45) is 0. The second-order valence-electron chi connectivity index (χ2n) is 8.10. The zero-order chi connectivity index (χ0) is 24.5. The fourth-order valence-corrected chi connectivity index (χ4v) is 4.57. The Kier molecular flexibility index (Phi) is 6.30. The van der Waals surface area contributed by atoms with Gasteiger partial charge in [-0.1, -0.05) is 26.0 Å². The quantitative estimate of drug-likeness (QED) is 0.526. The maximum absolute atomic E-state index is 13.2. The summed E-state index contributed by atoms with van der Waals surface area (Å²) in [5.74, 6) is 0.264. The van der Waals surface area contributed by atoms with E-state index in [1.165, 1.54) is 30.3 Å². The Hall–Kier alpha value is -3.85. The lowest BCUT2D eigenvalue weighted by Crippen LogP contribution is -2.29. The van der Waals surface area contributed by atoms with Crippen molar-refractivity contribution in [3.05, 3.63) is 72.3 Å². The van der Waals surface area contributed by atoms with Gasteiger partial charge in [-0.3, -0.25) is 14.3 Å². The van der Waals surface area contributed by atoms with E-state index in [0.717, 1.165) is 0 Å². The minimum atomic E-state index is -3.93. The van der Waals surface area contributed by atoms with Crippen molar-refractivity contribution in [3.63, 3.8) is 0 Å². The van der Waals surface area contributed by atoms with Crippen LogP contribution < -0.4 is 19.7 Å².